The second kappa shape index (κ2) is 8.82. The van der Waals surface area contributed by atoms with Crippen molar-refractivity contribution in [2.45, 2.75) is 12.8 Å². The molecule has 1 aliphatic heterocycles. The zero-order chi connectivity index (χ0) is 20.9. The molecule has 4 rings (SSSR count). The van der Waals surface area contributed by atoms with Gasteiger partial charge in [-0.2, -0.15) is 0 Å². The molecule has 0 spiro atoms. The maximum atomic E-state index is 12.8. The number of benzene rings is 2. The monoisotopic (exact) mass is 404 g/mol. The average Bonchev–Trinajstić information content (AvgIpc) is 3.34. The van der Waals surface area contributed by atoms with Crippen molar-refractivity contribution >= 4 is 17.5 Å². The van der Waals surface area contributed by atoms with Gasteiger partial charge in [-0.3, -0.25) is 4.79 Å². The van der Waals surface area contributed by atoms with Gasteiger partial charge in [-0.25, -0.2) is 9.97 Å². The standard InChI is InChI=1S/C23H24N4O3/c1-29-20-9-8-19(13-21(20)30-2)26-22(28)17-7-5-6-16(12-17)18-14-24-23(25-15-18)27-10-3-4-11-27/h5-9,12-15H,3-4,10-11H2,1-2H3,(H,26,28). The van der Waals surface area contributed by atoms with Crippen LogP contribution in [0.3, 0.4) is 0 Å². The molecule has 1 aliphatic rings. The van der Waals surface area contributed by atoms with E-state index in [2.05, 4.69) is 20.2 Å². The normalized spacial score (nSPS) is 13.2. The quantitative estimate of drug-likeness (QED) is 0.669. The molecule has 2 heterocycles. The number of aromatic nitrogens is 2. The van der Waals surface area contributed by atoms with Crippen LogP contribution in [-0.2, 0) is 0 Å². The number of methoxy groups -OCH3 is 2. The Bertz CT molecular complexity index is 1030. The van der Waals surface area contributed by atoms with Crippen molar-refractivity contribution in [3.05, 3.63) is 60.4 Å². The minimum Gasteiger partial charge on any atom is -0.493 e. The molecule has 0 aliphatic carbocycles. The van der Waals surface area contributed by atoms with Gasteiger partial charge in [0.1, 0.15) is 0 Å². The van der Waals surface area contributed by atoms with Crippen LogP contribution in [0.5, 0.6) is 11.5 Å². The van der Waals surface area contributed by atoms with Crippen molar-refractivity contribution in [3.8, 4) is 22.6 Å². The first-order valence-electron chi connectivity index (χ1n) is 9.89. The maximum Gasteiger partial charge on any atom is 0.255 e. The van der Waals surface area contributed by atoms with Crippen LogP contribution in [0.15, 0.2) is 54.9 Å². The fraction of sp³-hybridized carbons (Fsp3) is 0.261. The molecule has 1 N–H and O–H groups in total. The predicted molar refractivity (Wildman–Crippen MR) is 116 cm³/mol. The van der Waals surface area contributed by atoms with Crippen LogP contribution in [0.4, 0.5) is 11.6 Å². The molecule has 1 amide bonds. The number of carbonyl (C=O) groups excluding carboxylic acids is 1. The molecule has 30 heavy (non-hydrogen) atoms. The average molecular weight is 404 g/mol. The summed E-state index contributed by atoms with van der Waals surface area (Å²) in [5.74, 6) is 1.71. The van der Waals surface area contributed by atoms with Gasteiger partial charge in [-0.15, -0.1) is 0 Å². The van der Waals surface area contributed by atoms with Crippen molar-refractivity contribution in [3.63, 3.8) is 0 Å². The summed E-state index contributed by atoms with van der Waals surface area (Å²) < 4.78 is 10.5. The number of ether oxygens (including phenoxy) is 2. The number of carbonyl (C=O) groups is 1. The van der Waals surface area contributed by atoms with Gasteiger partial charge in [-0.1, -0.05) is 12.1 Å². The lowest BCUT2D eigenvalue weighted by Crippen LogP contribution is -2.20. The number of hydrogen-bond donors (Lipinski definition) is 1. The molecule has 1 fully saturated rings. The van der Waals surface area contributed by atoms with Gasteiger partial charge in [0.15, 0.2) is 11.5 Å². The predicted octanol–water partition coefficient (Wildman–Crippen LogP) is 4.01. The van der Waals surface area contributed by atoms with E-state index in [0.717, 1.165) is 30.2 Å². The third-order valence-corrected chi connectivity index (χ3v) is 5.13. The second-order valence-corrected chi connectivity index (χ2v) is 7.07. The summed E-state index contributed by atoms with van der Waals surface area (Å²) in [5.41, 5.74) is 2.94. The molecule has 0 bridgehead atoms. The first-order chi connectivity index (χ1) is 14.7. The second-order valence-electron chi connectivity index (χ2n) is 7.07. The summed E-state index contributed by atoms with van der Waals surface area (Å²) in [4.78, 5) is 24.0. The van der Waals surface area contributed by atoms with Crippen LogP contribution in [0, 0.1) is 0 Å². The third-order valence-electron chi connectivity index (χ3n) is 5.13. The van der Waals surface area contributed by atoms with Gasteiger partial charge in [0.2, 0.25) is 5.95 Å². The lowest BCUT2D eigenvalue weighted by Gasteiger charge is -2.14. The maximum absolute atomic E-state index is 12.8. The van der Waals surface area contributed by atoms with Crippen LogP contribution in [0.1, 0.15) is 23.2 Å². The Morgan fingerprint density at radius 1 is 0.933 bits per heavy atom. The molecule has 7 heteroatoms. The lowest BCUT2D eigenvalue weighted by molar-refractivity contribution is 0.102. The van der Waals surface area contributed by atoms with Crippen LogP contribution < -0.4 is 19.7 Å². The summed E-state index contributed by atoms with van der Waals surface area (Å²) in [5, 5.41) is 2.90. The van der Waals surface area contributed by atoms with Gasteiger partial charge >= 0.3 is 0 Å². The summed E-state index contributed by atoms with van der Waals surface area (Å²) in [6, 6.07) is 12.7. The van der Waals surface area contributed by atoms with E-state index in [4.69, 9.17) is 9.47 Å². The van der Waals surface area contributed by atoms with E-state index in [1.807, 2.05) is 30.6 Å². The first-order valence-corrected chi connectivity index (χ1v) is 9.89. The number of nitrogens with zero attached hydrogens (tertiary/aromatic N) is 3. The smallest absolute Gasteiger partial charge is 0.255 e. The van der Waals surface area contributed by atoms with Gasteiger partial charge < -0.3 is 19.7 Å². The highest BCUT2D eigenvalue weighted by Crippen LogP contribution is 2.30. The Morgan fingerprint density at radius 3 is 2.37 bits per heavy atom. The first kappa shape index (κ1) is 19.7. The molecule has 0 atom stereocenters. The van der Waals surface area contributed by atoms with Crippen LogP contribution in [0.25, 0.3) is 11.1 Å². The Morgan fingerprint density at radius 2 is 1.67 bits per heavy atom. The molecule has 7 nitrogen and oxygen atoms in total. The Kier molecular flexibility index (Phi) is 5.79. The minimum absolute atomic E-state index is 0.210. The van der Waals surface area contributed by atoms with Crippen molar-refractivity contribution in [1.29, 1.82) is 0 Å². The number of hydrogen-bond acceptors (Lipinski definition) is 6. The van der Waals surface area contributed by atoms with E-state index in [1.165, 1.54) is 12.8 Å². The van der Waals surface area contributed by atoms with Crippen molar-refractivity contribution in [2.24, 2.45) is 0 Å². The fourth-order valence-corrected chi connectivity index (χ4v) is 3.51. The van der Waals surface area contributed by atoms with Crippen molar-refractivity contribution < 1.29 is 14.3 Å². The lowest BCUT2D eigenvalue weighted by atomic mass is 10.1. The molecular weight excluding hydrogens is 380 g/mol. The topological polar surface area (TPSA) is 76.6 Å². The minimum atomic E-state index is -0.210. The summed E-state index contributed by atoms with van der Waals surface area (Å²) in [7, 11) is 3.13. The van der Waals surface area contributed by atoms with E-state index < -0.39 is 0 Å². The third kappa shape index (κ3) is 4.20. The zero-order valence-electron chi connectivity index (χ0n) is 17.1. The summed E-state index contributed by atoms with van der Waals surface area (Å²) in [6.07, 6.45) is 5.99. The Hall–Kier alpha value is -3.61. The fourth-order valence-electron chi connectivity index (χ4n) is 3.51. The highest BCUT2D eigenvalue weighted by atomic mass is 16.5. The van der Waals surface area contributed by atoms with E-state index in [-0.39, 0.29) is 5.91 Å². The Labute approximate surface area is 175 Å². The number of rotatable bonds is 6. The molecule has 1 saturated heterocycles. The summed E-state index contributed by atoms with van der Waals surface area (Å²) >= 11 is 0. The molecule has 0 saturated carbocycles. The van der Waals surface area contributed by atoms with Gasteiger partial charge in [-0.05, 0) is 42.7 Å². The van der Waals surface area contributed by atoms with Gasteiger partial charge in [0.25, 0.3) is 5.91 Å². The molecule has 0 unspecified atom stereocenters. The van der Waals surface area contributed by atoms with Crippen molar-refractivity contribution in [2.75, 3.05) is 37.5 Å². The molecule has 0 radical (unpaired) electrons. The van der Waals surface area contributed by atoms with Gasteiger partial charge in [0.05, 0.1) is 14.2 Å². The highest BCUT2D eigenvalue weighted by Gasteiger charge is 2.15. The van der Waals surface area contributed by atoms with Crippen LogP contribution in [0.2, 0.25) is 0 Å². The molecule has 154 valence electrons. The molecule has 2 aromatic carbocycles. The number of amides is 1. The molecular formula is C23H24N4O3. The molecule has 1 aromatic heterocycles. The highest BCUT2D eigenvalue weighted by molar-refractivity contribution is 6.05. The van der Waals surface area contributed by atoms with E-state index in [1.54, 1.807) is 38.5 Å². The van der Waals surface area contributed by atoms with Crippen LogP contribution in [-0.4, -0.2) is 43.2 Å². The van der Waals surface area contributed by atoms with E-state index in [0.29, 0.717) is 22.7 Å². The van der Waals surface area contributed by atoms with Crippen molar-refractivity contribution in [1.82, 2.24) is 9.97 Å². The van der Waals surface area contributed by atoms with Crippen LogP contribution >= 0.6 is 0 Å². The SMILES string of the molecule is COc1ccc(NC(=O)c2cccc(-c3cnc(N4CCCC4)nc3)c2)cc1OC. The Balaban J connectivity index is 1.50. The zero-order valence-corrected chi connectivity index (χ0v) is 17.1. The van der Waals surface area contributed by atoms with E-state index >= 15 is 0 Å². The largest absolute Gasteiger partial charge is 0.493 e. The summed E-state index contributed by atoms with van der Waals surface area (Å²) in [6.45, 7) is 2.01. The number of nitrogens with one attached hydrogen (secondary N) is 1. The number of anilines is 2. The van der Waals surface area contributed by atoms with E-state index in [9.17, 15) is 4.79 Å². The molecule has 3 aromatic rings. The van der Waals surface area contributed by atoms with Gasteiger partial charge in [0, 0.05) is 48.4 Å².